The van der Waals surface area contributed by atoms with Gasteiger partial charge in [-0.05, 0) is 78.9 Å². The Morgan fingerprint density at radius 1 is 1.07 bits per heavy atom. The van der Waals surface area contributed by atoms with Crippen LogP contribution in [0.5, 0.6) is 0 Å². The first-order valence-electron chi connectivity index (χ1n) is 11.6. The van der Waals surface area contributed by atoms with Gasteiger partial charge in [0.15, 0.2) is 0 Å². The summed E-state index contributed by atoms with van der Waals surface area (Å²) in [6, 6.07) is 0. The molecule has 154 valence electrons. The van der Waals surface area contributed by atoms with Crippen LogP contribution in [-0.2, 0) is 4.79 Å². The molecule has 0 saturated heterocycles. The summed E-state index contributed by atoms with van der Waals surface area (Å²) in [5, 5.41) is 20.6. The molecule has 0 aliphatic heterocycles. The van der Waals surface area contributed by atoms with Crippen molar-refractivity contribution in [2.75, 3.05) is 0 Å². The van der Waals surface area contributed by atoms with Gasteiger partial charge in [-0.15, -0.1) is 0 Å². The minimum absolute atomic E-state index is 0.0438. The summed E-state index contributed by atoms with van der Waals surface area (Å²) < 4.78 is 0. The van der Waals surface area contributed by atoms with E-state index in [1.807, 2.05) is 0 Å². The molecular formula is C24H40O3. The number of hydrogen-bond donors (Lipinski definition) is 2. The van der Waals surface area contributed by atoms with E-state index in [9.17, 15) is 15.0 Å². The zero-order valence-electron chi connectivity index (χ0n) is 17.8. The van der Waals surface area contributed by atoms with Crippen LogP contribution in [0, 0.1) is 46.3 Å². The lowest BCUT2D eigenvalue weighted by molar-refractivity contribution is -0.173. The fourth-order valence-corrected chi connectivity index (χ4v) is 8.70. The number of Topliss-reactive ketones (excluding diaryl/α,β-unsaturated/α-hetero) is 1. The number of aliphatic hydroxyl groups is 2. The van der Waals surface area contributed by atoms with E-state index in [1.165, 1.54) is 38.5 Å². The van der Waals surface area contributed by atoms with E-state index in [1.54, 1.807) is 0 Å². The molecule has 3 unspecified atom stereocenters. The minimum Gasteiger partial charge on any atom is -0.390 e. The van der Waals surface area contributed by atoms with Crippen molar-refractivity contribution in [2.45, 2.75) is 97.7 Å². The quantitative estimate of drug-likeness (QED) is 0.757. The van der Waals surface area contributed by atoms with Crippen molar-refractivity contribution in [2.24, 2.45) is 46.3 Å². The minimum atomic E-state index is -0.719. The first-order chi connectivity index (χ1) is 12.7. The van der Waals surface area contributed by atoms with E-state index in [0.29, 0.717) is 41.8 Å². The van der Waals surface area contributed by atoms with Gasteiger partial charge in [-0.2, -0.15) is 0 Å². The van der Waals surface area contributed by atoms with E-state index in [0.717, 1.165) is 18.3 Å². The molecule has 4 fully saturated rings. The van der Waals surface area contributed by atoms with Crippen LogP contribution in [-0.4, -0.2) is 28.2 Å². The van der Waals surface area contributed by atoms with Gasteiger partial charge in [0.05, 0.1) is 12.2 Å². The van der Waals surface area contributed by atoms with Crippen molar-refractivity contribution in [3.05, 3.63) is 0 Å². The topological polar surface area (TPSA) is 57.5 Å². The maximum Gasteiger partial charge on any atom is 0.136 e. The Balaban J connectivity index is 1.62. The highest BCUT2D eigenvalue weighted by atomic mass is 16.3. The van der Waals surface area contributed by atoms with E-state index < -0.39 is 12.2 Å². The van der Waals surface area contributed by atoms with Gasteiger partial charge in [0.1, 0.15) is 5.78 Å². The van der Waals surface area contributed by atoms with Crippen LogP contribution in [0.1, 0.15) is 85.5 Å². The molecule has 0 aromatic heterocycles. The van der Waals surface area contributed by atoms with Crippen molar-refractivity contribution < 1.29 is 15.0 Å². The Bertz CT molecular complexity index is 588. The number of carbonyl (C=O) groups is 1. The maximum atomic E-state index is 13.2. The predicted molar refractivity (Wildman–Crippen MR) is 107 cm³/mol. The fraction of sp³-hybridized carbons (Fsp3) is 0.958. The lowest BCUT2D eigenvalue weighted by Gasteiger charge is -2.61. The van der Waals surface area contributed by atoms with Gasteiger partial charge in [0.2, 0.25) is 0 Å². The van der Waals surface area contributed by atoms with Gasteiger partial charge in [0.25, 0.3) is 0 Å². The van der Waals surface area contributed by atoms with E-state index in [-0.39, 0.29) is 11.3 Å². The molecule has 0 heterocycles. The average Bonchev–Trinajstić information content (AvgIpc) is 2.95. The van der Waals surface area contributed by atoms with Crippen molar-refractivity contribution in [3.8, 4) is 0 Å². The Kier molecular flexibility index (Phi) is 5.03. The number of hydrogen-bond acceptors (Lipinski definition) is 3. The average molecular weight is 377 g/mol. The number of aliphatic hydroxyl groups excluding tert-OH is 2. The summed E-state index contributed by atoms with van der Waals surface area (Å²) in [5.74, 6) is 3.64. The summed E-state index contributed by atoms with van der Waals surface area (Å²) in [5.41, 5.74) is 0.277. The molecule has 0 aromatic carbocycles. The Hall–Kier alpha value is -0.410. The Morgan fingerprint density at radius 2 is 1.78 bits per heavy atom. The van der Waals surface area contributed by atoms with Crippen molar-refractivity contribution in [3.63, 3.8) is 0 Å². The predicted octanol–water partition coefficient (Wildman–Crippen LogP) is 4.59. The van der Waals surface area contributed by atoms with Crippen molar-refractivity contribution in [1.82, 2.24) is 0 Å². The second-order valence-electron chi connectivity index (χ2n) is 11.2. The molecule has 0 aromatic rings. The summed E-state index contributed by atoms with van der Waals surface area (Å²) >= 11 is 0. The lowest BCUT2D eigenvalue weighted by Crippen LogP contribution is -2.59. The largest absolute Gasteiger partial charge is 0.390 e. The molecule has 0 radical (unpaired) electrons. The molecule has 4 aliphatic carbocycles. The third kappa shape index (κ3) is 2.86. The Labute approximate surface area is 165 Å². The number of rotatable bonds is 3. The van der Waals surface area contributed by atoms with Crippen LogP contribution in [0.15, 0.2) is 0 Å². The molecule has 4 aliphatic rings. The molecule has 4 saturated carbocycles. The maximum absolute atomic E-state index is 13.2. The summed E-state index contributed by atoms with van der Waals surface area (Å²) in [6.07, 6.45) is 8.12. The lowest BCUT2D eigenvalue weighted by atomic mass is 9.44. The molecule has 0 spiro atoms. The monoisotopic (exact) mass is 376 g/mol. The molecule has 3 nitrogen and oxygen atoms in total. The SMILES string of the molecule is CCC[C@@H](C)[C@H]1CCC2C3CC(=O)[C@H]4C[C@H](O)[C@H](O)C[C@]4(C)C3CC[C@@]21C. The first kappa shape index (κ1) is 19.9. The highest BCUT2D eigenvalue weighted by Crippen LogP contribution is 2.67. The van der Waals surface area contributed by atoms with Crippen molar-refractivity contribution >= 4 is 5.78 Å². The molecule has 0 bridgehead atoms. The van der Waals surface area contributed by atoms with Crippen LogP contribution >= 0.6 is 0 Å². The van der Waals surface area contributed by atoms with Crippen LogP contribution in [0.25, 0.3) is 0 Å². The van der Waals surface area contributed by atoms with Gasteiger partial charge in [0, 0.05) is 12.3 Å². The van der Waals surface area contributed by atoms with Crippen molar-refractivity contribution in [1.29, 1.82) is 0 Å². The summed E-state index contributed by atoms with van der Waals surface area (Å²) in [4.78, 5) is 13.2. The zero-order valence-corrected chi connectivity index (χ0v) is 17.8. The second-order valence-corrected chi connectivity index (χ2v) is 11.2. The molecular weight excluding hydrogens is 336 g/mol. The number of fused-ring (bicyclic) bond motifs is 5. The molecule has 27 heavy (non-hydrogen) atoms. The molecule has 2 N–H and O–H groups in total. The smallest absolute Gasteiger partial charge is 0.136 e. The number of carbonyl (C=O) groups excluding carboxylic acids is 1. The van der Waals surface area contributed by atoms with Gasteiger partial charge in [-0.3, -0.25) is 4.79 Å². The highest BCUT2D eigenvalue weighted by molar-refractivity contribution is 5.83. The first-order valence-corrected chi connectivity index (χ1v) is 11.6. The van der Waals surface area contributed by atoms with E-state index in [4.69, 9.17) is 0 Å². The third-order valence-electron chi connectivity index (χ3n) is 9.98. The van der Waals surface area contributed by atoms with Gasteiger partial charge >= 0.3 is 0 Å². The molecule has 4 rings (SSSR count). The molecule has 0 amide bonds. The van der Waals surface area contributed by atoms with E-state index >= 15 is 0 Å². The van der Waals surface area contributed by atoms with Crippen LogP contribution in [0.2, 0.25) is 0 Å². The molecule has 10 atom stereocenters. The summed E-state index contributed by atoms with van der Waals surface area (Å²) in [7, 11) is 0. The Morgan fingerprint density at radius 3 is 2.48 bits per heavy atom. The van der Waals surface area contributed by atoms with Crippen LogP contribution in [0.3, 0.4) is 0 Å². The third-order valence-corrected chi connectivity index (χ3v) is 9.98. The van der Waals surface area contributed by atoms with Gasteiger partial charge < -0.3 is 10.2 Å². The fourth-order valence-electron chi connectivity index (χ4n) is 8.70. The standard InChI is InChI=1S/C24H40O3/c1-5-6-14(2)16-7-8-17-15-11-20(25)19-12-21(26)22(27)13-24(19,4)18(15)9-10-23(16,17)3/h14-19,21-22,26-27H,5-13H2,1-4H3/t14-,15?,16-,17?,18?,19-,21+,22-,23-,24-/m1/s1. The van der Waals surface area contributed by atoms with Gasteiger partial charge in [-0.1, -0.05) is 40.5 Å². The van der Waals surface area contributed by atoms with Crippen LogP contribution < -0.4 is 0 Å². The zero-order chi connectivity index (χ0) is 19.6. The highest BCUT2D eigenvalue weighted by Gasteiger charge is 2.63. The normalized spacial score (nSPS) is 53.4. The number of ketones is 1. The van der Waals surface area contributed by atoms with Gasteiger partial charge in [-0.25, -0.2) is 0 Å². The van der Waals surface area contributed by atoms with Crippen LogP contribution in [0.4, 0.5) is 0 Å². The second kappa shape index (κ2) is 6.83. The summed E-state index contributed by atoms with van der Waals surface area (Å²) in [6.45, 7) is 9.55. The van der Waals surface area contributed by atoms with E-state index in [2.05, 4.69) is 27.7 Å². The molecule has 3 heteroatoms.